The van der Waals surface area contributed by atoms with Gasteiger partial charge in [0.25, 0.3) is 0 Å². The van der Waals surface area contributed by atoms with Gasteiger partial charge in [-0.25, -0.2) is 0 Å². The lowest BCUT2D eigenvalue weighted by molar-refractivity contribution is 0.935. The number of alkyl halides is 2. The number of rotatable bonds is 2. The SMILES string of the molecule is ClCNCCl. The third-order valence-corrected chi connectivity index (χ3v) is 0.567. The van der Waals surface area contributed by atoms with E-state index in [-0.39, 0.29) is 0 Å². The number of halogens is 2. The summed E-state index contributed by atoms with van der Waals surface area (Å²) < 4.78 is 0. The molecule has 1 nitrogen and oxygen atoms in total. The molecule has 0 atom stereocenters. The molecule has 0 aliphatic carbocycles. The topological polar surface area (TPSA) is 12.0 Å². The fourth-order valence-electron chi connectivity index (χ4n) is 0.0357. The summed E-state index contributed by atoms with van der Waals surface area (Å²) in [5, 5.41) is 2.64. The lowest BCUT2D eigenvalue weighted by atomic mass is 11.2. The van der Waals surface area contributed by atoms with E-state index in [0.29, 0.717) is 12.0 Å². The second-order valence-corrected chi connectivity index (χ2v) is 1.05. The average Bonchev–Trinajstić information content (AvgIpc) is 1.41. The minimum Gasteiger partial charge on any atom is -0.291 e. The van der Waals surface area contributed by atoms with Crippen molar-refractivity contribution in [3.63, 3.8) is 0 Å². The smallest absolute Gasteiger partial charge is 0.0722 e. The monoisotopic (exact) mass is 113 g/mol. The summed E-state index contributed by atoms with van der Waals surface area (Å²) >= 11 is 10.2. The van der Waals surface area contributed by atoms with Gasteiger partial charge < -0.3 is 0 Å². The lowest BCUT2D eigenvalue weighted by Gasteiger charge is -1.82. The molecule has 0 aromatic carbocycles. The summed E-state index contributed by atoms with van der Waals surface area (Å²) in [7, 11) is 0. The number of hydrogen-bond donors (Lipinski definition) is 1. The van der Waals surface area contributed by atoms with Crippen LogP contribution >= 0.6 is 23.2 Å². The zero-order valence-corrected chi connectivity index (χ0v) is 4.18. The van der Waals surface area contributed by atoms with Gasteiger partial charge in [-0.3, -0.25) is 5.32 Å². The average molecular weight is 114 g/mol. The van der Waals surface area contributed by atoms with Gasteiger partial charge in [-0.15, -0.1) is 23.2 Å². The second-order valence-electron chi connectivity index (χ2n) is 0.517. The highest BCUT2D eigenvalue weighted by atomic mass is 35.5. The third kappa shape index (κ3) is 4.54. The van der Waals surface area contributed by atoms with E-state index >= 15 is 0 Å². The molecule has 0 aliphatic heterocycles. The van der Waals surface area contributed by atoms with Crippen molar-refractivity contribution in [2.75, 3.05) is 12.0 Å². The molecule has 0 saturated carbocycles. The van der Waals surface area contributed by atoms with E-state index in [1.165, 1.54) is 0 Å². The van der Waals surface area contributed by atoms with E-state index in [1.54, 1.807) is 0 Å². The van der Waals surface area contributed by atoms with Gasteiger partial charge in [0, 0.05) is 0 Å². The maximum absolute atomic E-state index is 5.11. The molecule has 1 N–H and O–H groups in total. The summed E-state index contributed by atoms with van der Waals surface area (Å²) in [5.74, 6) is 0. The first kappa shape index (κ1) is 5.54. The first-order chi connectivity index (χ1) is 2.41. The van der Waals surface area contributed by atoms with Gasteiger partial charge in [0.05, 0.1) is 12.0 Å². The Morgan fingerprint density at radius 2 is 1.60 bits per heavy atom. The molecule has 0 amide bonds. The zero-order valence-electron chi connectivity index (χ0n) is 2.67. The van der Waals surface area contributed by atoms with Crippen molar-refractivity contribution in [2.45, 2.75) is 0 Å². The molecule has 0 aromatic rings. The Morgan fingerprint density at radius 3 is 1.60 bits per heavy atom. The fraction of sp³-hybridized carbons (Fsp3) is 1.00. The molecule has 0 aromatic heterocycles. The molecule has 32 valence electrons. The first-order valence-electron chi connectivity index (χ1n) is 1.24. The minimum absolute atomic E-state index is 0.434. The highest BCUT2D eigenvalue weighted by Gasteiger charge is 1.66. The number of nitrogens with one attached hydrogen (secondary N) is 1. The minimum atomic E-state index is 0.434. The molecule has 0 saturated heterocycles. The van der Waals surface area contributed by atoms with Crippen molar-refractivity contribution >= 4 is 23.2 Å². The van der Waals surface area contributed by atoms with Crippen molar-refractivity contribution in [1.29, 1.82) is 0 Å². The molecule has 5 heavy (non-hydrogen) atoms. The van der Waals surface area contributed by atoms with Crippen LogP contribution in [-0.4, -0.2) is 12.0 Å². The van der Waals surface area contributed by atoms with Crippen LogP contribution in [0.4, 0.5) is 0 Å². The third-order valence-electron chi connectivity index (χ3n) is 0.189. The Kier molecular flexibility index (Phi) is 5.03. The van der Waals surface area contributed by atoms with Gasteiger partial charge in [0.15, 0.2) is 0 Å². The van der Waals surface area contributed by atoms with Gasteiger partial charge in [-0.2, -0.15) is 0 Å². The Hall–Kier alpha value is 0.540. The standard InChI is InChI=1S/C2H5Cl2N/c3-1-5-2-4/h5H,1-2H2. The molecule has 0 bridgehead atoms. The van der Waals surface area contributed by atoms with E-state index < -0.39 is 0 Å². The Balaban J connectivity index is 2.19. The van der Waals surface area contributed by atoms with Crippen molar-refractivity contribution < 1.29 is 0 Å². The summed E-state index contributed by atoms with van der Waals surface area (Å²) in [5.41, 5.74) is 0. The van der Waals surface area contributed by atoms with Crippen LogP contribution in [0.15, 0.2) is 0 Å². The Morgan fingerprint density at radius 1 is 1.20 bits per heavy atom. The molecule has 0 spiro atoms. The Labute approximate surface area is 41.3 Å². The van der Waals surface area contributed by atoms with E-state index in [0.717, 1.165) is 0 Å². The predicted octanol–water partition coefficient (Wildman–Crippen LogP) is 0.969. The molecule has 3 heteroatoms. The van der Waals surface area contributed by atoms with Crippen LogP contribution in [0.25, 0.3) is 0 Å². The molecule has 0 unspecified atom stereocenters. The van der Waals surface area contributed by atoms with Gasteiger partial charge in [-0.05, 0) is 0 Å². The quantitative estimate of drug-likeness (QED) is 0.416. The maximum atomic E-state index is 5.11. The fourth-order valence-corrected chi connectivity index (χ4v) is 0.321. The Bertz CT molecular complexity index is 15.1. The highest BCUT2D eigenvalue weighted by molar-refractivity contribution is 6.19. The van der Waals surface area contributed by atoms with Gasteiger partial charge >= 0.3 is 0 Å². The summed E-state index contributed by atoms with van der Waals surface area (Å²) in [6, 6.07) is 0.868. The van der Waals surface area contributed by atoms with Crippen LogP contribution in [0, 0.1) is 0 Å². The molecule has 0 radical (unpaired) electrons. The maximum Gasteiger partial charge on any atom is 0.0722 e. The summed E-state index contributed by atoms with van der Waals surface area (Å²) in [6.45, 7) is 0. The van der Waals surface area contributed by atoms with E-state index in [2.05, 4.69) is 5.32 Å². The van der Waals surface area contributed by atoms with Crippen molar-refractivity contribution in [3.05, 3.63) is 0 Å². The lowest BCUT2D eigenvalue weighted by Crippen LogP contribution is -2.05. The molecular weight excluding hydrogens is 109 g/mol. The molecule has 0 aliphatic rings. The largest absolute Gasteiger partial charge is 0.291 e. The summed E-state index contributed by atoms with van der Waals surface area (Å²) in [6.07, 6.45) is 0. The highest BCUT2D eigenvalue weighted by Crippen LogP contribution is 1.67. The van der Waals surface area contributed by atoms with Gasteiger partial charge in [-0.1, -0.05) is 0 Å². The first-order valence-corrected chi connectivity index (χ1v) is 2.31. The van der Waals surface area contributed by atoms with Crippen LogP contribution in [0.2, 0.25) is 0 Å². The van der Waals surface area contributed by atoms with Crippen molar-refractivity contribution in [1.82, 2.24) is 5.32 Å². The predicted molar refractivity (Wildman–Crippen MR) is 24.6 cm³/mol. The number of hydrogen-bond acceptors (Lipinski definition) is 1. The molecule has 0 rings (SSSR count). The van der Waals surface area contributed by atoms with E-state index in [4.69, 9.17) is 23.2 Å². The summed E-state index contributed by atoms with van der Waals surface area (Å²) in [4.78, 5) is 0. The van der Waals surface area contributed by atoms with Gasteiger partial charge in [0.1, 0.15) is 0 Å². The van der Waals surface area contributed by atoms with Crippen molar-refractivity contribution in [3.8, 4) is 0 Å². The second kappa shape index (κ2) is 4.54. The molecular formula is C2H5Cl2N. The molecule has 0 heterocycles. The van der Waals surface area contributed by atoms with Crippen LogP contribution in [0.1, 0.15) is 0 Å². The molecule has 0 fully saturated rings. The van der Waals surface area contributed by atoms with Gasteiger partial charge in [0.2, 0.25) is 0 Å². The van der Waals surface area contributed by atoms with Crippen molar-refractivity contribution in [2.24, 2.45) is 0 Å². The normalized spacial score (nSPS) is 8.40. The van der Waals surface area contributed by atoms with Crippen LogP contribution in [0.3, 0.4) is 0 Å². The van der Waals surface area contributed by atoms with Crippen LogP contribution in [-0.2, 0) is 0 Å². The zero-order chi connectivity index (χ0) is 4.12. The van der Waals surface area contributed by atoms with Crippen LogP contribution in [0.5, 0.6) is 0 Å². The van der Waals surface area contributed by atoms with E-state index in [1.807, 2.05) is 0 Å². The van der Waals surface area contributed by atoms with Crippen LogP contribution < -0.4 is 5.32 Å². The van der Waals surface area contributed by atoms with E-state index in [9.17, 15) is 0 Å².